The quantitative estimate of drug-likeness (QED) is 0.323. The summed E-state index contributed by atoms with van der Waals surface area (Å²) in [6.45, 7) is 6.37. The van der Waals surface area contributed by atoms with Crippen LogP contribution >= 0.6 is 11.6 Å². The number of carboxylic acids is 1. The molecule has 1 heterocycles. The Kier molecular flexibility index (Phi) is 9.53. The van der Waals surface area contributed by atoms with Crippen molar-refractivity contribution in [2.45, 2.75) is 58.3 Å². The van der Waals surface area contributed by atoms with Crippen molar-refractivity contribution in [2.24, 2.45) is 5.41 Å². The number of aliphatic carboxylic acids is 1. The fourth-order valence-corrected chi connectivity index (χ4v) is 5.32. The van der Waals surface area contributed by atoms with E-state index >= 15 is 0 Å². The molecule has 3 atom stereocenters. The van der Waals surface area contributed by atoms with Crippen LogP contribution in [0.3, 0.4) is 0 Å². The number of hydrogen-bond donors (Lipinski definition) is 2. The van der Waals surface area contributed by atoms with E-state index in [1.54, 1.807) is 23.1 Å². The zero-order valence-corrected chi connectivity index (χ0v) is 24.8. The second kappa shape index (κ2) is 12.9. The maximum Gasteiger partial charge on any atom is 0.328 e. The van der Waals surface area contributed by atoms with Gasteiger partial charge in [0, 0.05) is 29.2 Å². The minimum absolute atomic E-state index is 0.161. The van der Waals surface area contributed by atoms with Crippen molar-refractivity contribution in [2.75, 3.05) is 18.6 Å². The lowest BCUT2D eigenvalue weighted by atomic mass is 9.93. The van der Waals surface area contributed by atoms with Gasteiger partial charge in [-0.3, -0.25) is 14.4 Å². The third-order valence-corrected chi connectivity index (χ3v) is 7.22. The summed E-state index contributed by atoms with van der Waals surface area (Å²) in [6.07, 6.45) is -2.88. The average Bonchev–Trinajstić information content (AvgIpc) is 3.04. The number of benzene rings is 3. The van der Waals surface area contributed by atoms with Crippen molar-refractivity contribution in [1.82, 2.24) is 5.32 Å². The molecule has 222 valence electrons. The Balaban J connectivity index is 1.77. The van der Waals surface area contributed by atoms with E-state index in [0.29, 0.717) is 22.8 Å². The molecule has 0 radical (unpaired) electrons. The third-order valence-electron chi connectivity index (χ3n) is 6.98. The maximum atomic E-state index is 14.2. The molecule has 4 rings (SSSR count). The number of esters is 1. The van der Waals surface area contributed by atoms with Crippen LogP contribution in [-0.4, -0.2) is 54.7 Å². The molecule has 0 fully saturated rings. The van der Waals surface area contributed by atoms with Crippen molar-refractivity contribution in [3.8, 4) is 0 Å². The third kappa shape index (κ3) is 7.27. The van der Waals surface area contributed by atoms with Gasteiger partial charge in [0.2, 0.25) is 5.91 Å². The monoisotopic (exact) mass is 594 g/mol. The molecule has 0 aromatic heterocycles. The Morgan fingerprint density at radius 3 is 2.48 bits per heavy atom. The number of hydrogen-bond acceptors (Lipinski definition) is 6. The van der Waals surface area contributed by atoms with Gasteiger partial charge in [-0.05, 0) is 46.4 Å². The molecule has 42 heavy (non-hydrogen) atoms. The highest BCUT2D eigenvalue weighted by Crippen LogP contribution is 2.42. The minimum Gasteiger partial charge on any atom is -0.481 e. The second-order valence-corrected chi connectivity index (χ2v) is 12.0. The van der Waals surface area contributed by atoms with Gasteiger partial charge in [-0.15, -0.1) is 0 Å². The van der Waals surface area contributed by atoms with E-state index in [2.05, 4.69) is 5.32 Å². The number of nitrogens with one attached hydrogen (secondary N) is 1. The number of nitrogens with zero attached hydrogens (tertiary/aromatic N) is 1. The molecular formula is C32H35ClN2O7. The van der Waals surface area contributed by atoms with Gasteiger partial charge in [0.25, 0.3) is 5.91 Å². The Morgan fingerprint density at radius 1 is 1.07 bits per heavy atom. The van der Waals surface area contributed by atoms with Crippen molar-refractivity contribution in [3.63, 3.8) is 0 Å². The summed E-state index contributed by atoms with van der Waals surface area (Å²) in [5.74, 6) is -2.95. The van der Waals surface area contributed by atoms with E-state index in [1.807, 2.05) is 63.2 Å². The van der Waals surface area contributed by atoms with Crippen LogP contribution in [0.1, 0.15) is 57.3 Å². The number of carbonyl (C=O) groups excluding carboxylic acids is 3. The highest BCUT2D eigenvalue weighted by atomic mass is 35.5. The van der Waals surface area contributed by atoms with Gasteiger partial charge in [0.05, 0.1) is 13.5 Å². The molecule has 3 aromatic carbocycles. The van der Waals surface area contributed by atoms with E-state index in [-0.39, 0.29) is 18.3 Å². The first-order valence-electron chi connectivity index (χ1n) is 13.7. The molecule has 1 aliphatic rings. The van der Waals surface area contributed by atoms with Crippen LogP contribution in [0.2, 0.25) is 5.02 Å². The van der Waals surface area contributed by atoms with E-state index < -0.39 is 48.4 Å². The van der Waals surface area contributed by atoms with Gasteiger partial charge in [-0.25, -0.2) is 4.79 Å². The molecule has 0 bridgehead atoms. The largest absolute Gasteiger partial charge is 0.481 e. The molecule has 0 saturated carbocycles. The summed E-state index contributed by atoms with van der Waals surface area (Å²) in [5.41, 5.74) is 1.83. The topological polar surface area (TPSA) is 122 Å². The number of halogens is 1. The fraction of sp³-hybridized carbons (Fsp3) is 0.375. The minimum atomic E-state index is -1.22. The Hall–Kier alpha value is -3.95. The molecule has 2 amide bonds. The van der Waals surface area contributed by atoms with Crippen LogP contribution in [0.4, 0.5) is 5.69 Å². The average molecular weight is 595 g/mol. The predicted octanol–water partition coefficient (Wildman–Crippen LogP) is 5.27. The number of anilines is 1. The first-order valence-corrected chi connectivity index (χ1v) is 14.1. The zero-order valence-electron chi connectivity index (χ0n) is 24.1. The summed E-state index contributed by atoms with van der Waals surface area (Å²) in [7, 11) is 1.15. The standard InChI is InChI=1S/C32H35ClN2O7/c1-32(2,3)18-35-25-14-12-20(33)16-23(25)29(22-11-7-9-19-8-5-6-10-21(19)22)42-26(30(35)39)17-27(36)34-24(31(40)41-4)13-15-28(37)38/h5-12,14,16,24,26,29H,13,15,17-18H2,1-4H3,(H,34,36)(H,37,38)/t24-,26?,29?/m0/s1. The van der Waals surface area contributed by atoms with Crippen LogP contribution in [0, 0.1) is 5.41 Å². The highest BCUT2D eigenvalue weighted by Gasteiger charge is 2.40. The number of methoxy groups -OCH3 is 1. The van der Waals surface area contributed by atoms with Crippen LogP contribution in [0.25, 0.3) is 10.8 Å². The van der Waals surface area contributed by atoms with Crippen LogP contribution in [0.5, 0.6) is 0 Å². The summed E-state index contributed by atoms with van der Waals surface area (Å²) in [4.78, 5) is 52.4. The molecule has 1 aliphatic heterocycles. The summed E-state index contributed by atoms with van der Waals surface area (Å²) in [5, 5.41) is 14.0. The lowest BCUT2D eigenvalue weighted by Crippen LogP contribution is -2.47. The van der Waals surface area contributed by atoms with Gasteiger partial charge < -0.3 is 24.8 Å². The summed E-state index contributed by atoms with van der Waals surface area (Å²) >= 11 is 6.48. The van der Waals surface area contributed by atoms with Crippen LogP contribution in [-0.2, 0) is 28.7 Å². The van der Waals surface area contributed by atoms with Gasteiger partial charge >= 0.3 is 11.9 Å². The van der Waals surface area contributed by atoms with Gasteiger partial charge in [-0.2, -0.15) is 0 Å². The molecule has 9 nitrogen and oxygen atoms in total. The molecular weight excluding hydrogens is 560 g/mol. The number of carbonyl (C=O) groups is 4. The number of amides is 2. The first kappa shape index (κ1) is 31.0. The van der Waals surface area contributed by atoms with Crippen molar-refractivity contribution >= 4 is 51.8 Å². The Bertz CT molecular complexity index is 1490. The van der Waals surface area contributed by atoms with Crippen molar-refractivity contribution < 1.29 is 33.8 Å². The van der Waals surface area contributed by atoms with Gasteiger partial charge in [-0.1, -0.05) is 74.8 Å². The second-order valence-electron chi connectivity index (χ2n) is 11.5. The van der Waals surface area contributed by atoms with E-state index in [4.69, 9.17) is 26.2 Å². The SMILES string of the molecule is COC(=O)[C@H](CCC(=O)O)NC(=O)CC1OC(c2cccc3ccccc23)c2cc(Cl)ccc2N(CC(C)(C)C)C1=O. The lowest BCUT2D eigenvalue weighted by molar-refractivity contribution is -0.147. The molecule has 10 heteroatoms. The zero-order chi connectivity index (χ0) is 30.6. The Morgan fingerprint density at radius 2 is 1.79 bits per heavy atom. The van der Waals surface area contributed by atoms with Crippen molar-refractivity contribution in [3.05, 3.63) is 76.8 Å². The summed E-state index contributed by atoms with van der Waals surface area (Å²) in [6, 6.07) is 17.8. The predicted molar refractivity (Wildman–Crippen MR) is 159 cm³/mol. The van der Waals surface area contributed by atoms with Gasteiger partial charge in [0.15, 0.2) is 0 Å². The molecule has 0 saturated heterocycles. The van der Waals surface area contributed by atoms with E-state index in [0.717, 1.165) is 23.4 Å². The summed E-state index contributed by atoms with van der Waals surface area (Å²) < 4.78 is 11.3. The maximum absolute atomic E-state index is 14.2. The molecule has 0 aliphatic carbocycles. The lowest BCUT2D eigenvalue weighted by Gasteiger charge is -2.31. The molecule has 3 aromatic rings. The number of ether oxygens (including phenoxy) is 2. The van der Waals surface area contributed by atoms with Crippen molar-refractivity contribution in [1.29, 1.82) is 0 Å². The van der Waals surface area contributed by atoms with Crippen LogP contribution in [0.15, 0.2) is 60.7 Å². The number of rotatable bonds is 9. The first-order chi connectivity index (χ1) is 19.9. The van der Waals surface area contributed by atoms with E-state index in [9.17, 15) is 19.2 Å². The number of fused-ring (bicyclic) bond motifs is 2. The van der Waals surface area contributed by atoms with Crippen LogP contribution < -0.4 is 10.2 Å². The molecule has 2 unspecified atom stereocenters. The molecule has 2 N–H and O–H groups in total. The molecule has 0 spiro atoms. The highest BCUT2D eigenvalue weighted by molar-refractivity contribution is 6.30. The number of carboxylic acid groups (broad SMARTS) is 1. The van der Waals surface area contributed by atoms with Gasteiger partial charge in [0.1, 0.15) is 18.2 Å². The smallest absolute Gasteiger partial charge is 0.328 e. The normalized spacial score (nSPS) is 17.7. The van der Waals surface area contributed by atoms with E-state index in [1.165, 1.54) is 0 Å². The fourth-order valence-electron chi connectivity index (χ4n) is 5.14. The Labute approximate surface area is 249 Å².